The molecule has 2 saturated heterocycles. The van der Waals surface area contributed by atoms with Crippen LogP contribution in [0.3, 0.4) is 0 Å². The van der Waals surface area contributed by atoms with Gasteiger partial charge in [0.15, 0.2) is 12.0 Å². The van der Waals surface area contributed by atoms with E-state index >= 15 is 0 Å². The molecule has 4 N–H and O–H groups in total. The molecule has 2 amide bonds. The molecule has 5 atom stereocenters. The normalized spacial score (nSPS) is 33.4. The van der Waals surface area contributed by atoms with E-state index < -0.39 is 48.6 Å². The second-order valence-corrected chi connectivity index (χ2v) is 10.6. The van der Waals surface area contributed by atoms with Crippen LogP contribution in [0.15, 0.2) is 24.3 Å². The van der Waals surface area contributed by atoms with Crippen molar-refractivity contribution in [3.63, 3.8) is 0 Å². The van der Waals surface area contributed by atoms with Crippen LogP contribution in [-0.4, -0.2) is 69.2 Å². The number of aliphatic hydroxyl groups is 1. The summed E-state index contributed by atoms with van der Waals surface area (Å²) in [4.78, 5) is 37.9. The lowest BCUT2D eigenvalue weighted by atomic mass is 9.72. The van der Waals surface area contributed by atoms with Crippen molar-refractivity contribution in [2.75, 3.05) is 6.54 Å². The number of benzene rings is 1. The lowest BCUT2D eigenvalue weighted by Gasteiger charge is -2.39. The number of aliphatic hydroxyl groups excluding tert-OH is 1. The molecule has 190 valence electrons. The molecule has 2 saturated carbocycles. The molecular formula is C25H31F2N3O5. The number of aliphatic carboxylic acids is 1. The zero-order chi connectivity index (χ0) is 25.0. The first-order valence-electron chi connectivity index (χ1n) is 12.4. The van der Waals surface area contributed by atoms with Crippen molar-refractivity contribution in [2.24, 2.45) is 5.92 Å². The number of hydrogen-bond donors (Lipinski definition) is 4. The van der Waals surface area contributed by atoms with Gasteiger partial charge < -0.3 is 20.8 Å². The number of alkyl halides is 2. The molecule has 5 unspecified atom stereocenters. The third-order valence-electron chi connectivity index (χ3n) is 8.54. The molecule has 1 spiro atoms. The van der Waals surface area contributed by atoms with E-state index in [1.54, 1.807) is 12.1 Å². The monoisotopic (exact) mass is 491 g/mol. The van der Waals surface area contributed by atoms with E-state index in [-0.39, 0.29) is 43.0 Å². The molecule has 5 rings (SSSR count). The Morgan fingerprint density at radius 3 is 2.43 bits per heavy atom. The van der Waals surface area contributed by atoms with E-state index in [1.165, 1.54) is 0 Å². The van der Waals surface area contributed by atoms with E-state index in [9.17, 15) is 33.4 Å². The summed E-state index contributed by atoms with van der Waals surface area (Å²) in [6.45, 7) is -0.344. The van der Waals surface area contributed by atoms with Crippen LogP contribution in [0.5, 0.6) is 0 Å². The second kappa shape index (κ2) is 8.81. The van der Waals surface area contributed by atoms with Gasteiger partial charge in [-0.1, -0.05) is 30.7 Å². The summed E-state index contributed by atoms with van der Waals surface area (Å²) in [5, 5.41) is 26.0. The molecule has 1 aromatic carbocycles. The molecule has 8 nitrogen and oxygen atoms in total. The van der Waals surface area contributed by atoms with Crippen molar-refractivity contribution >= 4 is 17.8 Å². The molecule has 4 fully saturated rings. The molecule has 2 heterocycles. The van der Waals surface area contributed by atoms with Gasteiger partial charge in [0.05, 0.1) is 12.1 Å². The Morgan fingerprint density at radius 1 is 1.09 bits per heavy atom. The Kier molecular flexibility index (Phi) is 6.07. The van der Waals surface area contributed by atoms with Crippen LogP contribution in [0.2, 0.25) is 0 Å². The lowest BCUT2D eigenvalue weighted by molar-refractivity contribution is -0.139. The van der Waals surface area contributed by atoms with Crippen molar-refractivity contribution < 1.29 is 33.4 Å². The first-order chi connectivity index (χ1) is 16.6. The van der Waals surface area contributed by atoms with Gasteiger partial charge >= 0.3 is 12.0 Å². The number of carboxylic acid groups (broad SMARTS) is 1. The molecule has 0 aromatic heterocycles. The number of carbonyl (C=O) groups excluding carboxylic acids is 2. The van der Waals surface area contributed by atoms with Gasteiger partial charge in [-0.15, -0.1) is 0 Å². The Morgan fingerprint density at radius 2 is 1.77 bits per heavy atom. The van der Waals surface area contributed by atoms with Crippen LogP contribution in [-0.2, 0) is 4.79 Å². The minimum atomic E-state index is -2.80. The zero-order valence-corrected chi connectivity index (χ0v) is 19.4. The predicted molar refractivity (Wildman–Crippen MR) is 121 cm³/mol. The first-order valence-corrected chi connectivity index (χ1v) is 12.4. The fourth-order valence-electron chi connectivity index (χ4n) is 6.51. The summed E-state index contributed by atoms with van der Waals surface area (Å²) in [6.07, 6.45) is 1.23. The lowest BCUT2D eigenvalue weighted by Crippen LogP contribution is -2.54. The minimum Gasteiger partial charge on any atom is -0.480 e. The van der Waals surface area contributed by atoms with E-state index in [0.717, 1.165) is 29.7 Å². The number of carbonyl (C=O) groups is 3. The average molecular weight is 492 g/mol. The summed E-state index contributed by atoms with van der Waals surface area (Å²) in [5.41, 5.74) is 0.305. The number of carboxylic acids is 1. The van der Waals surface area contributed by atoms with Crippen LogP contribution in [0, 0.1) is 5.92 Å². The molecule has 10 heteroatoms. The number of urea groups is 1. The molecule has 2 aliphatic heterocycles. The van der Waals surface area contributed by atoms with Crippen molar-refractivity contribution in [2.45, 2.75) is 87.1 Å². The fourth-order valence-corrected chi connectivity index (χ4v) is 6.51. The average Bonchev–Trinajstić information content (AvgIpc) is 3.37. The van der Waals surface area contributed by atoms with Gasteiger partial charge in [0.1, 0.15) is 6.04 Å². The molecule has 0 radical (unpaired) electrons. The highest BCUT2D eigenvalue weighted by molar-refractivity contribution is 5.99. The van der Waals surface area contributed by atoms with E-state index in [2.05, 4.69) is 10.6 Å². The third-order valence-corrected chi connectivity index (χ3v) is 8.54. The van der Waals surface area contributed by atoms with Crippen LogP contribution in [0.25, 0.3) is 0 Å². The van der Waals surface area contributed by atoms with Crippen molar-refractivity contribution in [3.05, 3.63) is 35.4 Å². The molecule has 0 bridgehead atoms. The minimum absolute atomic E-state index is 0.0482. The highest BCUT2D eigenvalue weighted by Crippen LogP contribution is 2.44. The highest BCUT2D eigenvalue weighted by Gasteiger charge is 2.55. The molecule has 1 aromatic rings. The largest absolute Gasteiger partial charge is 0.480 e. The summed E-state index contributed by atoms with van der Waals surface area (Å²) in [6, 6.07) is 6.22. The van der Waals surface area contributed by atoms with E-state index in [0.29, 0.717) is 12.0 Å². The number of ketones is 1. The standard InChI is InChI=1S/C25H31F2N3O5/c26-25(27)10-8-24(9-11-25)22(34)30(23(35)29-24)13-20(31)15-6-4-14(5-7-15)16-2-1-3-18-17(16)12-19(28-18)21(32)33/h4-7,16-19,22,28,34H,1-3,8-13H2,(H,29,35)(H,32,33). The van der Waals surface area contributed by atoms with Gasteiger partial charge in [0.2, 0.25) is 5.92 Å². The Balaban J connectivity index is 1.24. The maximum atomic E-state index is 13.6. The van der Waals surface area contributed by atoms with Crippen LogP contribution in [0.4, 0.5) is 13.6 Å². The summed E-state index contributed by atoms with van der Waals surface area (Å²) in [7, 11) is 0. The van der Waals surface area contributed by atoms with Crippen molar-refractivity contribution in [3.8, 4) is 0 Å². The maximum absolute atomic E-state index is 13.6. The zero-order valence-electron chi connectivity index (χ0n) is 19.4. The topological polar surface area (TPSA) is 119 Å². The third kappa shape index (κ3) is 4.42. The Labute approximate surface area is 202 Å². The summed E-state index contributed by atoms with van der Waals surface area (Å²) < 4.78 is 27.2. The molecule has 4 aliphatic rings. The van der Waals surface area contributed by atoms with Gasteiger partial charge in [-0.05, 0) is 49.5 Å². The fraction of sp³-hybridized carbons (Fsp3) is 0.640. The SMILES string of the molecule is O=C(CN1C(=O)NC2(CCC(F)(F)CC2)C1O)c1ccc(C2CCCC3NC(C(=O)O)CC32)cc1. The van der Waals surface area contributed by atoms with Gasteiger partial charge in [0.25, 0.3) is 0 Å². The van der Waals surface area contributed by atoms with Gasteiger partial charge in [-0.3, -0.25) is 14.5 Å². The summed E-state index contributed by atoms with van der Waals surface area (Å²) >= 11 is 0. The summed E-state index contributed by atoms with van der Waals surface area (Å²) in [5.74, 6) is -3.53. The molecule has 35 heavy (non-hydrogen) atoms. The number of Topliss-reactive ketones (excluding diaryl/α,β-unsaturated/α-hetero) is 1. The van der Waals surface area contributed by atoms with Crippen LogP contribution >= 0.6 is 0 Å². The van der Waals surface area contributed by atoms with Crippen LogP contribution < -0.4 is 10.6 Å². The van der Waals surface area contributed by atoms with Gasteiger partial charge in [-0.25, -0.2) is 13.6 Å². The van der Waals surface area contributed by atoms with Gasteiger partial charge in [-0.2, -0.15) is 0 Å². The molecular weight excluding hydrogens is 460 g/mol. The molecule has 2 aliphatic carbocycles. The smallest absolute Gasteiger partial charge is 0.320 e. The Hall–Kier alpha value is -2.59. The van der Waals surface area contributed by atoms with Gasteiger partial charge in [0, 0.05) is 24.4 Å². The van der Waals surface area contributed by atoms with E-state index in [4.69, 9.17) is 0 Å². The number of halogens is 2. The van der Waals surface area contributed by atoms with Crippen molar-refractivity contribution in [1.82, 2.24) is 15.5 Å². The number of hydrogen-bond acceptors (Lipinski definition) is 5. The second-order valence-electron chi connectivity index (χ2n) is 10.6. The van der Waals surface area contributed by atoms with Crippen molar-refractivity contribution in [1.29, 1.82) is 0 Å². The maximum Gasteiger partial charge on any atom is 0.320 e. The number of fused-ring (bicyclic) bond motifs is 1. The first kappa shape index (κ1) is 24.1. The highest BCUT2D eigenvalue weighted by atomic mass is 19.3. The number of nitrogens with zero attached hydrogens (tertiary/aromatic N) is 1. The number of nitrogens with one attached hydrogen (secondary N) is 2. The van der Waals surface area contributed by atoms with Crippen LogP contribution in [0.1, 0.15) is 73.2 Å². The number of rotatable bonds is 5. The number of amides is 2. The van der Waals surface area contributed by atoms with E-state index in [1.807, 2.05) is 12.1 Å². The quantitative estimate of drug-likeness (QED) is 0.471. The predicted octanol–water partition coefficient (Wildman–Crippen LogP) is 2.86. The Bertz CT molecular complexity index is 1010.